The average molecular weight is 493 g/mol. The molecule has 1 saturated carbocycles. The van der Waals surface area contributed by atoms with Crippen molar-refractivity contribution in [3.05, 3.63) is 75.8 Å². The normalized spacial score (nSPS) is 13.6. The van der Waals surface area contributed by atoms with Crippen molar-refractivity contribution in [1.29, 1.82) is 0 Å². The lowest BCUT2D eigenvalue weighted by molar-refractivity contribution is 0.748. The fourth-order valence-electron chi connectivity index (χ4n) is 4.18. The van der Waals surface area contributed by atoms with Crippen molar-refractivity contribution in [1.82, 2.24) is 29.1 Å². The molecule has 0 saturated heterocycles. The Labute approximate surface area is 207 Å². The molecule has 0 radical (unpaired) electrons. The van der Waals surface area contributed by atoms with Crippen LogP contribution in [-0.2, 0) is 7.05 Å². The minimum atomic E-state index is -0.433. The second-order valence-corrected chi connectivity index (χ2v) is 9.27. The van der Waals surface area contributed by atoms with Gasteiger partial charge < -0.3 is 11.1 Å². The van der Waals surface area contributed by atoms with E-state index in [2.05, 4.69) is 25.3 Å². The SMILES string of the molecule is Cn1c(=O)n(-c2ccc(NC3CCCC3)nc2)c(=O)c2ncccc21.Nc1nc2cccnc2s1.[HH].[HH]. The van der Waals surface area contributed by atoms with E-state index in [1.54, 1.807) is 43.8 Å². The number of anilines is 2. The summed E-state index contributed by atoms with van der Waals surface area (Å²) >= 11 is 1.41. The van der Waals surface area contributed by atoms with E-state index in [-0.39, 0.29) is 8.37 Å². The van der Waals surface area contributed by atoms with Crippen molar-refractivity contribution in [2.24, 2.45) is 7.05 Å². The number of nitrogens with two attached hydrogens (primary N) is 1. The van der Waals surface area contributed by atoms with Crippen LogP contribution in [0.25, 0.3) is 27.1 Å². The molecule has 1 aliphatic rings. The third-order valence-electron chi connectivity index (χ3n) is 5.93. The van der Waals surface area contributed by atoms with Gasteiger partial charge in [-0.1, -0.05) is 24.2 Å². The van der Waals surface area contributed by atoms with Gasteiger partial charge in [-0.05, 0) is 49.2 Å². The van der Waals surface area contributed by atoms with Gasteiger partial charge in [0.1, 0.15) is 16.2 Å². The van der Waals surface area contributed by atoms with Crippen LogP contribution in [-0.4, -0.2) is 35.1 Å². The van der Waals surface area contributed by atoms with E-state index in [1.807, 2.05) is 18.2 Å². The zero-order valence-corrected chi connectivity index (χ0v) is 19.9. The molecule has 10 nitrogen and oxygen atoms in total. The van der Waals surface area contributed by atoms with E-state index < -0.39 is 11.2 Å². The van der Waals surface area contributed by atoms with Crippen LogP contribution in [0.1, 0.15) is 28.5 Å². The Morgan fingerprint density at radius 2 is 1.83 bits per heavy atom. The largest absolute Gasteiger partial charge is 0.375 e. The Bertz CT molecular complexity index is 1580. The molecule has 0 bridgehead atoms. The lowest BCUT2D eigenvalue weighted by Crippen LogP contribution is -2.38. The molecule has 5 aromatic rings. The van der Waals surface area contributed by atoms with E-state index in [1.165, 1.54) is 28.7 Å². The second-order valence-electron chi connectivity index (χ2n) is 8.26. The first kappa shape index (κ1) is 22.7. The summed E-state index contributed by atoms with van der Waals surface area (Å²) in [6.45, 7) is 0. The Morgan fingerprint density at radius 1 is 1.06 bits per heavy atom. The van der Waals surface area contributed by atoms with Gasteiger partial charge >= 0.3 is 5.69 Å². The summed E-state index contributed by atoms with van der Waals surface area (Å²) in [4.78, 5) is 42.9. The van der Waals surface area contributed by atoms with Gasteiger partial charge in [-0.3, -0.25) is 9.36 Å². The van der Waals surface area contributed by atoms with Crippen LogP contribution in [0.5, 0.6) is 0 Å². The van der Waals surface area contributed by atoms with Gasteiger partial charge in [0, 0.05) is 28.3 Å². The highest BCUT2D eigenvalue weighted by Gasteiger charge is 2.16. The van der Waals surface area contributed by atoms with E-state index >= 15 is 0 Å². The maximum absolute atomic E-state index is 12.7. The van der Waals surface area contributed by atoms with Gasteiger partial charge in [0.15, 0.2) is 10.6 Å². The van der Waals surface area contributed by atoms with Crippen molar-refractivity contribution >= 4 is 43.7 Å². The number of aromatic nitrogens is 6. The monoisotopic (exact) mass is 492 g/mol. The van der Waals surface area contributed by atoms with Crippen molar-refractivity contribution < 1.29 is 2.85 Å². The van der Waals surface area contributed by atoms with Crippen molar-refractivity contribution in [3.8, 4) is 5.69 Å². The standard InChI is InChI=1S/C18H19N5O2.C6H5N3S.2H2/c1-22-14-7-4-10-19-16(14)17(24)23(18(22)25)13-8-9-15(20-11-13)21-12-5-2-3-6-12;7-6-9-4-2-1-3-8-5(4)10-6;;/h4,7-12H,2-3,5-6H2,1H3,(H,20,21);1-3H,(H2,7,9);2*1H. The summed E-state index contributed by atoms with van der Waals surface area (Å²) in [7, 11) is 1.63. The molecule has 5 aromatic heterocycles. The summed E-state index contributed by atoms with van der Waals surface area (Å²) < 4.78 is 2.54. The van der Waals surface area contributed by atoms with E-state index in [0.717, 1.165) is 33.6 Å². The average Bonchev–Trinajstić information content (AvgIpc) is 3.53. The van der Waals surface area contributed by atoms with Crippen LogP contribution >= 0.6 is 11.3 Å². The molecule has 0 amide bonds. The summed E-state index contributed by atoms with van der Waals surface area (Å²) in [5.41, 5.74) is 6.71. The molecule has 35 heavy (non-hydrogen) atoms. The van der Waals surface area contributed by atoms with E-state index in [4.69, 9.17) is 5.73 Å². The number of fused-ring (bicyclic) bond motifs is 2. The Morgan fingerprint density at radius 3 is 2.57 bits per heavy atom. The number of rotatable bonds is 3. The minimum Gasteiger partial charge on any atom is -0.375 e. The molecule has 1 fully saturated rings. The molecular weight excluding hydrogens is 464 g/mol. The molecule has 3 N–H and O–H groups in total. The van der Waals surface area contributed by atoms with Crippen molar-refractivity contribution in [3.63, 3.8) is 0 Å². The molecule has 11 heteroatoms. The molecule has 0 aliphatic heterocycles. The fourth-order valence-corrected chi connectivity index (χ4v) is 4.85. The Kier molecular flexibility index (Phi) is 6.23. The summed E-state index contributed by atoms with van der Waals surface area (Å²) in [6.07, 6.45) is 9.62. The maximum atomic E-state index is 12.7. The summed E-state index contributed by atoms with van der Waals surface area (Å²) in [5, 5.41) is 3.97. The van der Waals surface area contributed by atoms with Crippen LogP contribution in [0.3, 0.4) is 0 Å². The first-order chi connectivity index (χ1) is 17.0. The number of thiazole rings is 1. The maximum Gasteiger partial charge on any atom is 0.336 e. The number of nitrogens with zero attached hydrogens (tertiary/aromatic N) is 6. The van der Waals surface area contributed by atoms with Crippen molar-refractivity contribution in [2.75, 3.05) is 11.1 Å². The lowest BCUT2D eigenvalue weighted by Gasteiger charge is -2.13. The molecular formula is C24H28N8O2S. The second kappa shape index (κ2) is 9.63. The fraction of sp³-hybridized carbons (Fsp3) is 0.250. The van der Waals surface area contributed by atoms with Crippen LogP contribution < -0.4 is 22.3 Å². The summed E-state index contributed by atoms with van der Waals surface area (Å²) in [6, 6.07) is 11.2. The smallest absolute Gasteiger partial charge is 0.336 e. The van der Waals surface area contributed by atoms with Crippen LogP contribution in [0, 0.1) is 0 Å². The highest BCUT2D eigenvalue weighted by molar-refractivity contribution is 7.21. The first-order valence-electron chi connectivity index (χ1n) is 11.3. The zero-order valence-electron chi connectivity index (χ0n) is 19.1. The lowest BCUT2D eigenvalue weighted by atomic mass is 10.2. The number of nitrogen functional groups attached to an aromatic ring is 1. The number of nitrogens with one attached hydrogen (secondary N) is 1. The zero-order chi connectivity index (χ0) is 24.4. The molecule has 0 spiro atoms. The van der Waals surface area contributed by atoms with Crippen LogP contribution in [0.2, 0.25) is 0 Å². The van der Waals surface area contributed by atoms with Gasteiger partial charge in [0.05, 0.1) is 17.4 Å². The molecule has 0 atom stereocenters. The molecule has 6 rings (SSSR count). The first-order valence-corrected chi connectivity index (χ1v) is 12.1. The van der Waals surface area contributed by atoms with Crippen molar-refractivity contribution in [2.45, 2.75) is 31.7 Å². The highest BCUT2D eigenvalue weighted by atomic mass is 32.1. The van der Waals surface area contributed by atoms with Gasteiger partial charge in [-0.2, -0.15) is 0 Å². The van der Waals surface area contributed by atoms with Gasteiger partial charge in [0.2, 0.25) is 0 Å². The Hall–Kier alpha value is -4.12. The highest BCUT2D eigenvalue weighted by Crippen LogP contribution is 2.22. The molecule has 5 heterocycles. The van der Waals surface area contributed by atoms with Gasteiger partial charge in [-0.25, -0.2) is 29.3 Å². The predicted octanol–water partition coefficient (Wildman–Crippen LogP) is 3.60. The molecule has 182 valence electrons. The molecule has 1 aliphatic carbocycles. The van der Waals surface area contributed by atoms with Crippen LogP contribution in [0.15, 0.2) is 64.6 Å². The molecule has 0 unspecified atom stereocenters. The van der Waals surface area contributed by atoms with E-state index in [0.29, 0.717) is 22.4 Å². The Balaban J connectivity index is 0.000000267. The van der Waals surface area contributed by atoms with Crippen LogP contribution in [0.4, 0.5) is 10.9 Å². The molecule has 0 aromatic carbocycles. The summed E-state index contributed by atoms with van der Waals surface area (Å²) in [5.74, 6) is 0.763. The third-order valence-corrected chi connectivity index (χ3v) is 6.74. The number of hydrogen-bond acceptors (Lipinski definition) is 9. The number of aryl methyl sites for hydroxylation is 1. The quantitative estimate of drug-likeness (QED) is 0.390. The minimum absolute atomic E-state index is 0. The predicted molar refractivity (Wildman–Crippen MR) is 142 cm³/mol. The number of pyridine rings is 3. The topological polar surface area (TPSA) is 134 Å². The third kappa shape index (κ3) is 4.62. The number of hydrogen-bond donors (Lipinski definition) is 2. The van der Waals surface area contributed by atoms with E-state index in [9.17, 15) is 9.59 Å². The van der Waals surface area contributed by atoms with Gasteiger partial charge in [0.25, 0.3) is 5.56 Å². The van der Waals surface area contributed by atoms with Gasteiger partial charge in [-0.15, -0.1) is 0 Å².